The smallest absolute Gasteiger partial charge is 0.293 e. The predicted molar refractivity (Wildman–Crippen MR) is 94.0 cm³/mol. The van der Waals surface area contributed by atoms with Crippen LogP contribution in [-0.2, 0) is 0 Å². The molecule has 0 saturated carbocycles. The van der Waals surface area contributed by atoms with Gasteiger partial charge < -0.3 is 15.0 Å². The largest absolute Gasteiger partial charge is 0.489 e. The average Bonchev–Trinajstić information content (AvgIpc) is 2.60. The van der Waals surface area contributed by atoms with Gasteiger partial charge in [0.25, 0.3) is 11.2 Å². The fourth-order valence-corrected chi connectivity index (χ4v) is 2.42. The Hall–Kier alpha value is -3.42. The molecular weight excluding hydrogens is 324 g/mol. The number of nitro groups is 1. The lowest BCUT2D eigenvalue weighted by Gasteiger charge is -2.16. The molecule has 0 radical (unpaired) electrons. The van der Waals surface area contributed by atoms with Crippen LogP contribution in [0.15, 0.2) is 53.6 Å². The van der Waals surface area contributed by atoms with Crippen molar-refractivity contribution in [1.29, 1.82) is 0 Å². The lowest BCUT2D eigenvalue weighted by atomic mass is 10.2. The molecule has 2 N–H and O–H groups in total. The minimum Gasteiger partial charge on any atom is -0.489 e. The molecule has 1 unspecified atom stereocenters. The van der Waals surface area contributed by atoms with Crippen molar-refractivity contribution in [3.8, 4) is 5.75 Å². The maximum atomic E-state index is 11.8. The number of nitrogens with zero attached hydrogens (tertiary/aromatic N) is 2. The second kappa shape index (κ2) is 7.00. The molecule has 0 spiro atoms. The molecule has 1 heterocycles. The number of hydrogen-bond donors (Lipinski definition) is 2. The quantitative estimate of drug-likeness (QED) is 0.527. The lowest BCUT2D eigenvalue weighted by molar-refractivity contribution is -0.383. The van der Waals surface area contributed by atoms with Crippen LogP contribution in [0.1, 0.15) is 6.92 Å². The van der Waals surface area contributed by atoms with Crippen LogP contribution in [0, 0.1) is 10.1 Å². The van der Waals surface area contributed by atoms with Crippen LogP contribution in [-0.4, -0.2) is 27.5 Å². The van der Waals surface area contributed by atoms with Crippen molar-refractivity contribution in [1.82, 2.24) is 9.97 Å². The number of nitro benzene ring substituents is 1. The van der Waals surface area contributed by atoms with Crippen molar-refractivity contribution < 1.29 is 9.66 Å². The number of ether oxygens (including phenoxy) is 1. The minimum absolute atomic E-state index is 0.174. The number of H-pyrrole nitrogens is 1. The topological polar surface area (TPSA) is 110 Å². The summed E-state index contributed by atoms with van der Waals surface area (Å²) >= 11 is 0. The molecule has 0 fully saturated rings. The Balaban J connectivity index is 1.81. The van der Waals surface area contributed by atoms with Gasteiger partial charge >= 0.3 is 0 Å². The van der Waals surface area contributed by atoms with E-state index in [1.54, 1.807) is 0 Å². The number of aromatic amines is 1. The molecule has 3 aromatic rings. The van der Waals surface area contributed by atoms with Gasteiger partial charge in [0.15, 0.2) is 0 Å². The third-order valence-corrected chi connectivity index (χ3v) is 3.62. The van der Waals surface area contributed by atoms with Crippen LogP contribution in [0.4, 0.5) is 11.4 Å². The summed E-state index contributed by atoms with van der Waals surface area (Å²) in [5, 5.41) is 14.5. The normalized spacial score (nSPS) is 11.9. The van der Waals surface area contributed by atoms with Gasteiger partial charge in [-0.05, 0) is 25.1 Å². The summed E-state index contributed by atoms with van der Waals surface area (Å²) in [5.74, 6) is 0.720. The molecule has 0 aliphatic rings. The summed E-state index contributed by atoms with van der Waals surface area (Å²) in [6, 6.07) is 12.0. The summed E-state index contributed by atoms with van der Waals surface area (Å²) in [4.78, 5) is 29.0. The SMILES string of the molecule is CC(CNc1cc2nc[nH]c(=O)c2cc1[N+](=O)[O-])Oc1ccccc1. The van der Waals surface area contributed by atoms with Crippen molar-refractivity contribution in [3.63, 3.8) is 0 Å². The van der Waals surface area contributed by atoms with Crippen LogP contribution in [0.25, 0.3) is 10.9 Å². The highest BCUT2D eigenvalue weighted by atomic mass is 16.6. The van der Waals surface area contributed by atoms with E-state index in [0.717, 1.165) is 5.75 Å². The molecule has 1 atom stereocenters. The zero-order valence-electron chi connectivity index (χ0n) is 13.4. The third-order valence-electron chi connectivity index (χ3n) is 3.62. The van der Waals surface area contributed by atoms with Crippen LogP contribution in [0.5, 0.6) is 5.75 Å². The van der Waals surface area contributed by atoms with Crippen LogP contribution >= 0.6 is 0 Å². The standard InChI is InChI=1S/C17H16N4O4/c1-11(25-12-5-3-2-4-6-12)9-18-15-8-14-13(7-16(15)21(23)24)17(22)20-10-19-14/h2-8,10-11,18H,9H2,1H3,(H,19,20,22). The molecule has 2 aromatic carbocycles. The van der Waals surface area contributed by atoms with E-state index in [2.05, 4.69) is 15.3 Å². The minimum atomic E-state index is -0.531. The van der Waals surface area contributed by atoms with Crippen LogP contribution in [0.2, 0.25) is 0 Å². The van der Waals surface area contributed by atoms with Crippen molar-refractivity contribution in [2.75, 3.05) is 11.9 Å². The lowest BCUT2D eigenvalue weighted by Crippen LogP contribution is -2.23. The first-order chi connectivity index (χ1) is 12.0. The summed E-state index contributed by atoms with van der Waals surface area (Å²) in [6.45, 7) is 2.21. The highest BCUT2D eigenvalue weighted by Crippen LogP contribution is 2.28. The first kappa shape index (κ1) is 16.4. The van der Waals surface area contributed by atoms with E-state index in [1.807, 2.05) is 37.3 Å². The molecule has 1 aromatic heterocycles. The van der Waals surface area contributed by atoms with E-state index in [1.165, 1.54) is 18.5 Å². The zero-order chi connectivity index (χ0) is 17.8. The van der Waals surface area contributed by atoms with Crippen molar-refractivity contribution in [3.05, 3.63) is 69.3 Å². The van der Waals surface area contributed by atoms with Gasteiger partial charge in [-0.15, -0.1) is 0 Å². The number of rotatable bonds is 6. The number of nitrogens with one attached hydrogen (secondary N) is 2. The number of para-hydroxylation sites is 1. The Labute approximate surface area is 142 Å². The van der Waals surface area contributed by atoms with E-state index < -0.39 is 10.5 Å². The monoisotopic (exact) mass is 340 g/mol. The fourth-order valence-electron chi connectivity index (χ4n) is 2.42. The Kier molecular flexibility index (Phi) is 4.60. The van der Waals surface area contributed by atoms with Crippen molar-refractivity contribution in [2.24, 2.45) is 0 Å². The number of fused-ring (bicyclic) bond motifs is 1. The second-order valence-electron chi connectivity index (χ2n) is 5.50. The summed E-state index contributed by atoms with van der Waals surface area (Å²) < 4.78 is 5.74. The maximum absolute atomic E-state index is 11.8. The first-order valence-corrected chi connectivity index (χ1v) is 7.66. The predicted octanol–water partition coefficient (Wildman–Crippen LogP) is 2.71. The van der Waals surface area contributed by atoms with E-state index in [-0.39, 0.29) is 17.2 Å². The van der Waals surface area contributed by atoms with E-state index in [9.17, 15) is 14.9 Å². The summed E-state index contributed by atoms with van der Waals surface area (Å²) in [5.41, 5.74) is 0.0749. The molecule has 0 aliphatic carbocycles. The Morgan fingerprint density at radius 3 is 2.80 bits per heavy atom. The Morgan fingerprint density at radius 2 is 2.08 bits per heavy atom. The fraction of sp³-hybridized carbons (Fsp3) is 0.176. The van der Waals surface area contributed by atoms with Gasteiger partial charge in [-0.3, -0.25) is 14.9 Å². The zero-order valence-corrected chi connectivity index (χ0v) is 13.4. The molecule has 8 heteroatoms. The molecule has 25 heavy (non-hydrogen) atoms. The summed E-state index contributed by atoms with van der Waals surface area (Å²) in [6.07, 6.45) is 1.05. The molecule has 0 saturated heterocycles. The second-order valence-corrected chi connectivity index (χ2v) is 5.50. The molecule has 0 bridgehead atoms. The van der Waals surface area contributed by atoms with Crippen LogP contribution in [0.3, 0.4) is 0 Å². The molecule has 0 aliphatic heterocycles. The molecule has 8 nitrogen and oxygen atoms in total. The molecule has 0 amide bonds. The number of hydrogen-bond acceptors (Lipinski definition) is 6. The van der Waals surface area contributed by atoms with Gasteiger partial charge in [0, 0.05) is 6.07 Å². The van der Waals surface area contributed by atoms with Gasteiger partial charge in [-0.25, -0.2) is 4.98 Å². The van der Waals surface area contributed by atoms with Gasteiger partial charge in [0.05, 0.1) is 28.7 Å². The highest BCUT2D eigenvalue weighted by molar-refractivity contribution is 5.86. The number of anilines is 1. The average molecular weight is 340 g/mol. The van der Waals surface area contributed by atoms with Crippen LogP contribution < -0.4 is 15.6 Å². The summed E-state index contributed by atoms with van der Waals surface area (Å²) in [7, 11) is 0. The number of benzene rings is 2. The van der Waals surface area contributed by atoms with Gasteiger partial charge in [-0.2, -0.15) is 0 Å². The molecule has 128 valence electrons. The Morgan fingerprint density at radius 1 is 1.32 bits per heavy atom. The molecular formula is C17H16N4O4. The van der Waals surface area contributed by atoms with Gasteiger partial charge in [-0.1, -0.05) is 18.2 Å². The van der Waals surface area contributed by atoms with E-state index >= 15 is 0 Å². The van der Waals surface area contributed by atoms with Gasteiger partial charge in [0.1, 0.15) is 17.5 Å². The van der Waals surface area contributed by atoms with E-state index in [0.29, 0.717) is 17.7 Å². The number of aromatic nitrogens is 2. The van der Waals surface area contributed by atoms with E-state index in [4.69, 9.17) is 4.74 Å². The maximum Gasteiger partial charge on any atom is 0.293 e. The van der Waals surface area contributed by atoms with Gasteiger partial charge in [0.2, 0.25) is 0 Å². The van der Waals surface area contributed by atoms with Crippen molar-refractivity contribution in [2.45, 2.75) is 13.0 Å². The highest BCUT2D eigenvalue weighted by Gasteiger charge is 2.18. The third kappa shape index (κ3) is 3.74. The molecule has 3 rings (SSSR count). The first-order valence-electron chi connectivity index (χ1n) is 7.66. The van der Waals surface area contributed by atoms with Crippen molar-refractivity contribution >= 4 is 22.3 Å². The Bertz CT molecular complexity index is 956.